The molecule has 2 atom stereocenters. The third kappa shape index (κ3) is 2.36. The van der Waals surface area contributed by atoms with E-state index in [2.05, 4.69) is 18.2 Å². The smallest absolute Gasteiger partial charge is 0.129 e. The fourth-order valence-corrected chi connectivity index (χ4v) is 2.55. The number of nitrogens with two attached hydrogens (primary N) is 1. The number of hydrogen-bond donors (Lipinski definition) is 1. The molecule has 2 N–H and O–H groups in total. The van der Waals surface area contributed by atoms with Crippen molar-refractivity contribution in [2.75, 3.05) is 0 Å². The normalized spacial score (nSPS) is 21.8. The van der Waals surface area contributed by atoms with Crippen LogP contribution < -0.4 is 10.5 Å². The van der Waals surface area contributed by atoms with Gasteiger partial charge in [-0.1, -0.05) is 25.1 Å². The van der Waals surface area contributed by atoms with Gasteiger partial charge in [-0.05, 0) is 12.5 Å². The van der Waals surface area contributed by atoms with Gasteiger partial charge in [0.05, 0.1) is 6.20 Å². The predicted molar refractivity (Wildman–Crippen MR) is 73.9 cm³/mol. The number of fused-ring (bicyclic) bond motifs is 1. The first-order valence-corrected chi connectivity index (χ1v) is 6.81. The van der Waals surface area contributed by atoms with Crippen molar-refractivity contribution in [3.8, 4) is 5.75 Å². The molecule has 1 aliphatic rings. The molecule has 4 heteroatoms. The van der Waals surface area contributed by atoms with Crippen LogP contribution >= 0.6 is 0 Å². The summed E-state index contributed by atoms with van der Waals surface area (Å²) < 4.78 is 8.01. The summed E-state index contributed by atoms with van der Waals surface area (Å²) in [5.74, 6) is 0.898. The van der Waals surface area contributed by atoms with E-state index in [4.69, 9.17) is 10.5 Å². The summed E-state index contributed by atoms with van der Waals surface area (Å²) in [6.07, 6.45) is 5.84. The van der Waals surface area contributed by atoms with Gasteiger partial charge in [0.25, 0.3) is 0 Å². The topological polar surface area (TPSA) is 53.1 Å². The molecule has 0 fully saturated rings. The van der Waals surface area contributed by atoms with Gasteiger partial charge in [0.1, 0.15) is 11.9 Å². The molecule has 1 aromatic heterocycles. The molecule has 2 unspecified atom stereocenters. The summed E-state index contributed by atoms with van der Waals surface area (Å²) in [5.41, 5.74) is 8.44. The summed E-state index contributed by atoms with van der Waals surface area (Å²) in [4.78, 5) is 0. The Bertz CT molecular complexity index is 564. The Balaban J connectivity index is 1.84. The molecule has 0 bridgehead atoms. The van der Waals surface area contributed by atoms with Crippen molar-refractivity contribution in [2.24, 2.45) is 5.73 Å². The molecule has 19 heavy (non-hydrogen) atoms. The molecule has 100 valence electrons. The minimum Gasteiger partial charge on any atom is -0.485 e. The van der Waals surface area contributed by atoms with Crippen molar-refractivity contribution >= 4 is 0 Å². The number of rotatable bonds is 3. The Hall–Kier alpha value is -1.81. The number of benzene rings is 1. The van der Waals surface area contributed by atoms with Crippen LogP contribution in [-0.4, -0.2) is 9.78 Å². The van der Waals surface area contributed by atoms with Gasteiger partial charge in [-0.25, -0.2) is 0 Å². The highest BCUT2D eigenvalue weighted by molar-refractivity contribution is 5.38. The van der Waals surface area contributed by atoms with E-state index in [9.17, 15) is 0 Å². The van der Waals surface area contributed by atoms with Gasteiger partial charge in [0, 0.05) is 36.3 Å². The zero-order valence-electron chi connectivity index (χ0n) is 11.1. The Kier molecular flexibility index (Phi) is 3.25. The summed E-state index contributed by atoms with van der Waals surface area (Å²) in [7, 11) is 0. The minimum absolute atomic E-state index is 0.00973. The van der Waals surface area contributed by atoms with E-state index >= 15 is 0 Å². The number of nitrogens with zero attached hydrogens (tertiary/aromatic N) is 2. The second-order valence-corrected chi connectivity index (χ2v) is 5.02. The van der Waals surface area contributed by atoms with E-state index < -0.39 is 0 Å². The first-order valence-electron chi connectivity index (χ1n) is 6.81. The third-order valence-electron chi connectivity index (χ3n) is 3.53. The van der Waals surface area contributed by atoms with Crippen LogP contribution in [0.25, 0.3) is 0 Å². The largest absolute Gasteiger partial charge is 0.485 e. The van der Waals surface area contributed by atoms with Crippen molar-refractivity contribution in [3.63, 3.8) is 0 Å². The third-order valence-corrected chi connectivity index (χ3v) is 3.53. The Morgan fingerprint density at radius 1 is 1.42 bits per heavy atom. The second-order valence-electron chi connectivity index (χ2n) is 5.02. The van der Waals surface area contributed by atoms with Crippen LogP contribution in [-0.2, 0) is 6.54 Å². The van der Waals surface area contributed by atoms with Crippen LogP contribution in [0.3, 0.4) is 0 Å². The van der Waals surface area contributed by atoms with Gasteiger partial charge in [-0.2, -0.15) is 5.10 Å². The number of ether oxygens (including phenoxy) is 1. The maximum atomic E-state index is 6.23. The zero-order valence-corrected chi connectivity index (χ0v) is 11.1. The summed E-state index contributed by atoms with van der Waals surface area (Å²) in [5, 5.41) is 4.36. The van der Waals surface area contributed by atoms with Crippen LogP contribution in [0.4, 0.5) is 0 Å². The average molecular weight is 257 g/mol. The van der Waals surface area contributed by atoms with Crippen molar-refractivity contribution in [3.05, 3.63) is 47.8 Å². The molecule has 3 rings (SSSR count). The molecule has 0 amide bonds. The van der Waals surface area contributed by atoms with E-state index in [0.29, 0.717) is 0 Å². The summed E-state index contributed by atoms with van der Waals surface area (Å²) >= 11 is 0. The summed E-state index contributed by atoms with van der Waals surface area (Å²) in [6.45, 7) is 3.08. The lowest BCUT2D eigenvalue weighted by atomic mass is 9.95. The Morgan fingerprint density at radius 2 is 2.26 bits per heavy atom. The van der Waals surface area contributed by atoms with Crippen LogP contribution in [0.5, 0.6) is 5.75 Å². The molecule has 0 aliphatic carbocycles. The molecule has 2 aromatic rings. The first kappa shape index (κ1) is 12.2. The van der Waals surface area contributed by atoms with Gasteiger partial charge in [-0.3, -0.25) is 4.68 Å². The summed E-state index contributed by atoms with van der Waals surface area (Å²) in [6, 6.07) is 8.04. The number of para-hydroxylation sites is 1. The van der Waals surface area contributed by atoms with E-state index in [1.807, 2.05) is 35.1 Å². The Labute approximate surface area is 113 Å². The number of aryl methyl sites for hydroxylation is 1. The maximum absolute atomic E-state index is 6.23. The lowest BCUT2D eigenvalue weighted by Gasteiger charge is -2.29. The molecule has 1 aromatic carbocycles. The average Bonchev–Trinajstić information content (AvgIpc) is 2.88. The van der Waals surface area contributed by atoms with E-state index in [1.165, 1.54) is 0 Å². The van der Waals surface area contributed by atoms with Crippen molar-refractivity contribution < 1.29 is 4.74 Å². The SMILES string of the molecule is CCCn1cc(C2CC(N)c3ccccc3O2)cn1. The van der Waals surface area contributed by atoms with Gasteiger partial charge >= 0.3 is 0 Å². The lowest BCUT2D eigenvalue weighted by Crippen LogP contribution is -2.23. The molecular weight excluding hydrogens is 238 g/mol. The standard InChI is InChI=1S/C15H19N3O/c1-2-7-18-10-11(9-17-18)15-8-13(16)12-5-3-4-6-14(12)19-15/h3-6,9-10,13,15H,2,7-8,16H2,1H3. The van der Waals surface area contributed by atoms with Gasteiger partial charge < -0.3 is 10.5 Å². The van der Waals surface area contributed by atoms with Gasteiger partial charge in [0.15, 0.2) is 0 Å². The van der Waals surface area contributed by atoms with Crippen LogP contribution in [0.2, 0.25) is 0 Å². The first-order chi connectivity index (χ1) is 9.28. The highest BCUT2D eigenvalue weighted by Gasteiger charge is 2.27. The van der Waals surface area contributed by atoms with Crippen LogP contribution in [0.1, 0.15) is 43.0 Å². The van der Waals surface area contributed by atoms with Crippen molar-refractivity contribution in [1.29, 1.82) is 0 Å². The molecule has 0 saturated heterocycles. The van der Waals surface area contributed by atoms with Crippen molar-refractivity contribution in [2.45, 2.75) is 38.5 Å². The van der Waals surface area contributed by atoms with E-state index in [0.717, 1.165) is 36.3 Å². The molecule has 2 heterocycles. The zero-order chi connectivity index (χ0) is 13.2. The molecule has 0 spiro atoms. The quantitative estimate of drug-likeness (QED) is 0.920. The maximum Gasteiger partial charge on any atom is 0.129 e. The van der Waals surface area contributed by atoms with Gasteiger partial charge in [0.2, 0.25) is 0 Å². The van der Waals surface area contributed by atoms with E-state index in [-0.39, 0.29) is 12.1 Å². The van der Waals surface area contributed by atoms with Crippen molar-refractivity contribution in [1.82, 2.24) is 9.78 Å². The lowest BCUT2D eigenvalue weighted by molar-refractivity contribution is 0.161. The minimum atomic E-state index is 0.00973. The van der Waals surface area contributed by atoms with E-state index in [1.54, 1.807) is 0 Å². The number of aromatic nitrogens is 2. The fraction of sp³-hybridized carbons (Fsp3) is 0.400. The Morgan fingerprint density at radius 3 is 3.11 bits per heavy atom. The second kappa shape index (κ2) is 5.05. The highest BCUT2D eigenvalue weighted by Crippen LogP contribution is 2.39. The van der Waals surface area contributed by atoms with Crippen LogP contribution in [0, 0.1) is 0 Å². The predicted octanol–water partition coefficient (Wildman–Crippen LogP) is 2.82. The van der Waals surface area contributed by atoms with Crippen LogP contribution in [0.15, 0.2) is 36.7 Å². The monoisotopic (exact) mass is 257 g/mol. The molecule has 1 aliphatic heterocycles. The highest BCUT2D eigenvalue weighted by atomic mass is 16.5. The fourth-order valence-electron chi connectivity index (χ4n) is 2.55. The molecular formula is C15H19N3O. The number of hydrogen-bond acceptors (Lipinski definition) is 3. The van der Waals surface area contributed by atoms with Gasteiger partial charge in [-0.15, -0.1) is 0 Å². The molecule has 4 nitrogen and oxygen atoms in total. The molecule has 0 saturated carbocycles. The molecule has 0 radical (unpaired) electrons.